The molecular formula is C21H27ClN2O2. The monoisotopic (exact) mass is 374 g/mol. The van der Waals surface area contributed by atoms with Gasteiger partial charge in [-0.15, -0.1) is 0 Å². The molecule has 0 aliphatic carbocycles. The largest absolute Gasteiger partial charge is 0.493 e. The van der Waals surface area contributed by atoms with Gasteiger partial charge in [0.1, 0.15) is 5.75 Å². The lowest BCUT2D eigenvalue weighted by molar-refractivity contribution is -0.121. The SMILES string of the molecule is Cc1cc(Cl)ccc1OCCCC(=O)NCc1ccccc1CN(C)C. The minimum atomic E-state index is 0.0427. The number of ether oxygens (including phenoxy) is 1. The van der Waals surface area contributed by atoms with Crippen molar-refractivity contribution in [3.63, 3.8) is 0 Å². The topological polar surface area (TPSA) is 41.6 Å². The Balaban J connectivity index is 1.72. The van der Waals surface area contributed by atoms with E-state index in [0.717, 1.165) is 23.4 Å². The highest BCUT2D eigenvalue weighted by molar-refractivity contribution is 6.30. The molecule has 140 valence electrons. The molecule has 0 radical (unpaired) electrons. The Morgan fingerprint density at radius 1 is 1.15 bits per heavy atom. The van der Waals surface area contributed by atoms with E-state index >= 15 is 0 Å². The Morgan fingerprint density at radius 3 is 2.58 bits per heavy atom. The maximum atomic E-state index is 12.1. The second-order valence-corrected chi connectivity index (χ2v) is 7.08. The van der Waals surface area contributed by atoms with Crippen molar-refractivity contribution >= 4 is 17.5 Å². The molecule has 0 heterocycles. The van der Waals surface area contributed by atoms with Gasteiger partial charge in [0.15, 0.2) is 0 Å². The molecule has 0 bridgehead atoms. The van der Waals surface area contributed by atoms with Gasteiger partial charge in [0.25, 0.3) is 0 Å². The second-order valence-electron chi connectivity index (χ2n) is 6.65. The number of carbonyl (C=O) groups excluding carboxylic acids is 1. The summed E-state index contributed by atoms with van der Waals surface area (Å²) in [6.45, 7) is 3.88. The average Bonchev–Trinajstić information content (AvgIpc) is 2.59. The quantitative estimate of drug-likeness (QED) is 0.669. The van der Waals surface area contributed by atoms with Crippen LogP contribution in [0.15, 0.2) is 42.5 Å². The molecule has 2 aromatic rings. The van der Waals surface area contributed by atoms with Crippen molar-refractivity contribution in [2.24, 2.45) is 0 Å². The van der Waals surface area contributed by atoms with Crippen molar-refractivity contribution < 1.29 is 9.53 Å². The normalized spacial score (nSPS) is 10.8. The smallest absolute Gasteiger partial charge is 0.220 e. The Kier molecular flexibility index (Phi) is 7.95. The third kappa shape index (κ3) is 6.70. The first-order chi connectivity index (χ1) is 12.5. The third-order valence-corrected chi connectivity index (χ3v) is 4.26. The van der Waals surface area contributed by atoms with Gasteiger partial charge in [-0.25, -0.2) is 0 Å². The van der Waals surface area contributed by atoms with Crippen LogP contribution in [0, 0.1) is 6.92 Å². The van der Waals surface area contributed by atoms with Gasteiger partial charge in [-0.05, 0) is 62.3 Å². The maximum Gasteiger partial charge on any atom is 0.220 e. The van der Waals surface area contributed by atoms with Crippen LogP contribution in [0.3, 0.4) is 0 Å². The average molecular weight is 375 g/mol. The molecule has 0 aromatic heterocycles. The van der Waals surface area contributed by atoms with Crippen LogP contribution < -0.4 is 10.1 Å². The number of amides is 1. The summed E-state index contributed by atoms with van der Waals surface area (Å²) in [6, 6.07) is 13.7. The molecule has 4 nitrogen and oxygen atoms in total. The van der Waals surface area contributed by atoms with E-state index in [4.69, 9.17) is 16.3 Å². The fourth-order valence-corrected chi connectivity index (χ4v) is 2.92. The molecule has 0 spiro atoms. The van der Waals surface area contributed by atoms with Crippen molar-refractivity contribution in [3.8, 4) is 5.75 Å². The predicted molar refractivity (Wildman–Crippen MR) is 107 cm³/mol. The van der Waals surface area contributed by atoms with Crippen molar-refractivity contribution in [2.45, 2.75) is 32.9 Å². The lowest BCUT2D eigenvalue weighted by Gasteiger charge is -2.14. The van der Waals surface area contributed by atoms with Gasteiger partial charge in [-0.3, -0.25) is 4.79 Å². The molecule has 0 atom stereocenters. The highest BCUT2D eigenvalue weighted by atomic mass is 35.5. The first-order valence-corrected chi connectivity index (χ1v) is 9.20. The molecule has 2 rings (SSSR count). The lowest BCUT2D eigenvalue weighted by Crippen LogP contribution is -2.24. The van der Waals surface area contributed by atoms with Gasteiger partial charge in [-0.2, -0.15) is 0 Å². The van der Waals surface area contributed by atoms with Crippen molar-refractivity contribution in [3.05, 3.63) is 64.2 Å². The zero-order valence-electron chi connectivity index (χ0n) is 15.7. The molecular weight excluding hydrogens is 348 g/mol. The van der Waals surface area contributed by atoms with Crippen LogP contribution in [0.25, 0.3) is 0 Å². The molecule has 0 aliphatic heterocycles. The van der Waals surface area contributed by atoms with Gasteiger partial charge in [0.05, 0.1) is 6.61 Å². The maximum absolute atomic E-state index is 12.1. The summed E-state index contributed by atoms with van der Waals surface area (Å²) >= 11 is 5.93. The van der Waals surface area contributed by atoms with Gasteiger partial charge >= 0.3 is 0 Å². The van der Waals surface area contributed by atoms with Gasteiger partial charge in [-0.1, -0.05) is 35.9 Å². The molecule has 26 heavy (non-hydrogen) atoms. The van der Waals surface area contributed by atoms with E-state index in [-0.39, 0.29) is 5.91 Å². The van der Waals surface area contributed by atoms with Crippen LogP contribution in [0.4, 0.5) is 0 Å². The Bertz CT molecular complexity index is 732. The fraction of sp³-hybridized carbons (Fsp3) is 0.381. The van der Waals surface area contributed by atoms with Crippen LogP contribution >= 0.6 is 11.6 Å². The number of hydrogen-bond donors (Lipinski definition) is 1. The molecule has 0 unspecified atom stereocenters. The van der Waals surface area contributed by atoms with Gasteiger partial charge in [0, 0.05) is 24.5 Å². The Hall–Kier alpha value is -2.04. The third-order valence-electron chi connectivity index (χ3n) is 4.02. The minimum absolute atomic E-state index is 0.0427. The van der Waals surface area contributed by atoms with E-state index < -0.39 is 0 Å². The lowest BCUT2D eigenvalue weighted by atomic mass is 10.1. The molecule has 5 heteroatoms. The molecule has 2 aromatic carbocycles. The molecule has 0 fully saturated rings. The highest BCUT2D eigenvalue weighted by Crippen LogP contribution is 2.21. The summed E-state index contributed by atoms with van der Waals surface area (Å²) in [7, 11) is 4.08. The van der Waals surface area contributed by atoms with E-state index in [1.165, 1.54) is 5.56 Å². The summed E-state index contributed by atoms with van der Waals surface area (Å²) in [5.41, 5.74) is 3.39. The molecule has 0 saturated heterocycles. The molecule has 1 N–H and O–H groups in total. The van der Waals surface area contributed by atoms with E-state index in [0.29, 0.717) is 31.0 Å². The van der Waals surface area contributed by atoms with E-state index in [1.54, 1.807) is 0 Å². The first kappa shape index (κ1) is 20.3. The number of nitrogens with zero attached hydrogens (tertiary/aromatic N) is 1. The second kappa shape index (κ2) is 10.2. The van der Waals surface area contributed by atoms with Crippen molar-refractivity contribution in [2.75, 3.05) is 20.7 Å². The molecule has 0 saturated carbocycles. The number of benzene rings is 2. The van der Waals surface area contributed by atoms with Gasteiger partial charge < -0.3 is 15.0 Å². The minimum Gasteiger partial charge on any atom is -0.493 e. The zero-order valence-corrected chi connectivity index (χ0v) is 16.5. The number of nitrogens with one attached hydrogen (secondary N) is 1. The van der Waals surface area contributed by atoms with Crippen molar-refractivity contribution in [1.29, 1.82) is 0 Å². The number of halogens is 1. The van der Waals surface area contributed by atoms with Crippen LogP contribution in [-0.4, -0.2) is 31.5 Å². The standard InChI is InChI=1S/C21H27ClN2O2/c1-16-13-19(22)10-11-20(16)26-12-6-9-21(25)23-14-17-7-4-5-8-18(17)15-24(2)3/h4-5,7-8,10-11,13H,6,9,12,14-15H2,1-3H3,(H,23,25). The molecule has 0 aliphatic rings. The highest BCUT2D eigenvalue weighted by Gasteiger charge is 2.06. The summed E-state index contributed by atoms with van der Waals surface area (Å²) in [6.07, 6.45) is 1.12. The van der Waals surface area contributed by atoms with Gasteiger partial charge in [0.2, 0.25) is 5.91 Å². The number of rotatable bonds is 9. The van der Waals surface area contributed by atoms with Crippen LogP contribution in [-0.2, 0) is 17.9 Å². The van der Waals surface area contributed by atoms with E-state index in [9.17, 15) is 4.79 Å². The predicted octanol–water partition coefficient (Wildman–Crippen LogP) is 4.19. The molecule has 1 amide bonds. The summed E-state index contributed by atoms with van der Waals surface area (Å²) in [4.78, 5) is 14.2. The number of carbonyl (C=O) groups is 1. The van der Waals surface area contributed by atoms with Crippen LogP contribution in [0.5, 0.6) is 5.75 Å². The van der Waals surface area contributed by atoms with E-state index in [2.05, 4.69) is 22.3 Å². The summed E-state index contributed by atoms with van der Waals surface area (Å²) in [5, 5.41) is 3.70. The first-order valence-electron chi connectivity index (χ1n) is 8.83. The van der Waals surface area contributed by atoms with Crippen LogP contribution in [0.2, 0.25) is 5.02 Å². The number of aryl methyl sites for hydroxylation is 1. The summed E-state index contributed by atoms with van der Waals surface area (Å²) < 4.78 is 5.72. The van der Waals surface area contributed by atoms with Crippen molar-refractivity contribution in [1.82, 2.24) is 10.2 Å². The van der Waals surface area contributed by atoms with Crippen LogP contribution in [0.1, 0.15) is 29.5 Å². The number of hydrogen-bond acceptors (Lipinski definition) is 3. The Morgan fingerprint density at radius 2 is 1.88 bits per heavy atom. The summed E-state index contributed by atoms with van der Waals surface area (Å²) in [5.74, 6) is 0.855. The van der Waals surface area contributed by atoms with E-state index in [1.807, 2.05) is 51.4 Å². The Labute approximate surface area is 161 Å². The zero-order chi connectivity index (χ0) is 18.9. The fourth-order valence-electron chi connectivity index (χ4n) is 2.70.